The quantitative estimate of drug-likeness (QED) is 0.433. The van der Waals surface area contributed by atoms with Gasteiger partial charge in [0.25, 0.3) is 0 Å². The predicted octanol–water partition coefficient (Wildman–Crippen LogP) is 2.64. The summed E-state index contributed by atoms with van der Waals surface area (Å²) in [6.07, 6.45) is 1.57. The van der Waals surface area contributed by atoms with Crippen molar-refractivity contribution in [2.45, 2.75) is 6.54 Å². The fourth-order valence-electron chi connectivity index (χ4n) is 3.33. The van der Waals surface area contributed by atoms with E-state index < -0.39 is 0 Å². The van der Waals surface area contributed by atoms with Crippen molar-refractivity contribution in [1.29, 1.82) is 0 Å². The molecule has 0 aliphatic rings. The molecular formula is C21H24N6O4. The molecule has 10 heteroatoms. The first-order valence-corrected chi connectivity index (χ1v) is 9.65. The van der Waals surface area contributed by atoms with E-state index in [2.05, 4.69) is 15.1 Å². The third kappa shape index (κ3) is 4.10. The maximum absolute atomic E-state index is 6.20. The van der Waals surface area contributed by atoms with Gasteiger partial charge in [-0.15, -0.1) is 5.10 Å². The molecule has 10 nitrogen and oxygen atoms in total. The molecule has 4 aromatic rings. The van der Waals surface area contributed by atoms with Gasteiger partial charge in [-0.05, 0) is 18.2 Å². The van der Waals surface area contributed by atoms with Crippen molar-refractivity contribution >= 4 is 17.4 Å². The summed E-state index contributed by atoms with van der Waals surface area (Å²) >= 11 is 0. The van der Waals surface area contributed by atoms with Gasteiger partial charge >= 0.3 is 0 Å². The van der Waals surface area contributed by atoms with Crippen molar-refractivity contribution in [3.05, 3.63) is 48.2 Å². The lowest BCUT2D eigenvalue weighted by molar-refractivity contribution is 0.204. The fraction of sp³-hybridized carbons (Fsp3) is 0.286. The normalized spacial score (nSPS) is 11.1. The Hall–Kier alpha value is -3.79. The van der Waals surface area contributed by atoms with Crippen LogP contribution in [0.2, 0.25) is 0 Å². The third-order valence-corrected chi connectivity index (χ3v) is 4.81. The summed E-state index contributed by atoms with van der Waals surface area (Å²) in [6.45, 7) is 1.59. The zero-order valence-corrected chi connectivity index (χ0v) is 17.6. The van der Waals surface area contributed by atoms with Crippen LogP contribution in [-0.4, -0.2) is 54.1 Å². The number of para-hydroxylation sites is 1. The van der Waals surface area contributed by atoms with E-state index in [0.29, 0.717) is 54.2 Å². The minimum absolute atomic E-state index is 0.220. The van der Waals surface area contributed by atoms with Crippen LogP contribution in [0.5, 0.6) is 11.5 Å². The van der Waals surface area contributed by atoms with E-state index in [9.17, 15) is 0 Å². The molecule has 0 saturated heterocycles. The Balaban J connectivity index is 1.72. The van der Waals surface area contributed by atoms with Crippen molar-refractivity contribution in [3.63, 3.8) is 0 Å². The summed E-state index contributed by atoms with van der Waals surface area (Å²) < 4.78 is 23.2. The first-order chi connectivity index (χ1) is 15.1. The zero-order valence-electron chi connectivity index (χ0n) is 17.6. The minimum atomic E-state index is 0.220. The summed E-state index contributed by atoms with van der Waals surface area (Å²) in [5.41, 5.74) is 7.71. The van der Waals surface area contributed by atoms with Crippen LogP contribution in [0.25, 0.3) is 17.2 Å². The van der Waals surface area contributed by atoms with Gasteiger partial charge in [0, 0.05) is 31.8 Å². The lowest BCUT2D eigenvalue weighted by Crippen LogP contribution is -2.28. The van der Waals surface area contributed by atoms with Crippen molar-refractivity contribution < 1.29 is 18.6 Å². The molecule has 31 heavy (non-hydrogen) atoms. The molecule has 0 aliphatic heterocycles. The molecule has 0 atom stereocenters. The molecule has 4 rings (SSSR count). The van der Waals surface area contributed by atoms with Gasteiger partial charge in [-0.1, -0.05) is 12.1 Å². The van der Waals surface area contributed by atoms with Gasteiger partial charge in [-0.2, -0.15) is 9.50 Å². The number of nitrogens with zero attached hydrogens (tertiary/aromatic N) is 5. The summed E-state index contributed by atoms with van der Waals surface area (Å²) in [6, 6.07) is 11.2. The molecular weight excluding hydrogens is 400 g/mol. The highest BCUT2D eigenvalue weighted by molar-refractivity contribution is 5.60. The summed E-state index contributed by atoms with van der Waals surface area (Å²) in [4.78, 5) is 11.1. The van der Waals surface area contributed by atoms with Crippen molar-refractivity contribution in [2.75, 3.05) is 45.1 Å². The molecule has 162 valence electrons. The topological polar surface area (TPSA) is 113 Å². The number of nitrogens with two attached hydrogens (primary N) is 1. The number of ether oxygens (including phenoxy) is 3. The third-order valence-electron chi connectivity index (χ3n) is 4.81. The van der Waals surface area contributed by atoms with Crippen molar-refractivity contribution in [3.8, 4) is 23.1 Å². The Morgan fingerprint density at radius 1 is 1.10 bits per heavy atom. The maximum Gasteiger partial charge on any atom is 0.225 e. The molecule has 0 unspecified atom stereocenters. The highest BCUT2D eigenvalue weighted by atomic mass is 16.5. The summed E-state index contributed by atoms with van der Waals surface area (Å²) in [7, 11) is 4.89. The number of nitrogen functional groups attached to an aromatic ring is 1. The van der Waals surface area contributed by atoms with Gasteiger partial charge in [-0.3, -0.25) is 0 Å². The number of benzene rings is 1. The fourth-order valence-corrected chi connectivity index (χ4v) is 3.33. The number of furan rings is 1. The number of hydrogen-bond acceptors (Lipinski definition) is 9. The number of anilines is 2. The van der Waals surface area contributed by atoms with Gasteiger partial charge in [-0.25, -0.2) is 4.98 Å². The average molecular weight is 424 g/mol. The lowest BCUT2D eigenvalue weighted by Gasteiger charge is -2.25. The van der Waals surface area contributed by atoms with Gasteiger partial charge in [0.2, 0.25) is 11.8 Å². The highest BCUT2D eigenvalue weighted by Crippen LogP contribution is 2.32. The molecule has 0 radical (unpaired) electrons. The molecule has 0 fully saturated rings. The van der Waals surface area contributed by atoms with E-state index in [1.165, 1.54) is 4.52 Å². The average Bonchev–Trinajstić information content (AvgIpc) is 3.46. The Bertz CT molecular complexity index is 1160. The van der Waals surface area contributed by atoms with Gasteiger partial charge < -0.3 is 29.3 Å². The van der Waals surface area contributed by atoms with Gasteiger partial charge in [0.05, 0.1) is 27.1 Å². The highest BCUT2D eigenvalue weighted by Gasteiger charge is 2.18. The molecule has 0 spiro atoms. The molecule has 0 saturated carbocycles. The lowest BCUT2D eigenvalue weighted by atomic mass is 10.1. The largest absolute Gasteiger partial charge is 0.493 e. The zero-order chi connectivity index (χ0) is 21.8. The molecule has 0 aliphatic carbocycles. The standard InChI is InChI=1S/C21H24N6O4/c1-28-11-9-26(13-14-6-4-7-15(29-2)19(14)30-3)17-12-18-23-20(16-8-5-10-31-16)25-27(18)21(22)24-17/h4-8,10,12H,9,11,13H2,1-3H3,(H2,22,24). The molecule has 3 heterocycles. The summed E-state index contributed by atoms with van der Waals surface area (Å²) in [5, 5.41) is 4.40. The van der Waals surface area contributed by atoms with Crippen LogP contribution in [0.1, 0.15) is 5.56 Å². The first-order valence-electron chi connectivity index (χ1n) is 9.65. The van der Waals surface area contributed by atoms with E-state index in [4.69, 9.17) is 24.4 Å². The van der Waals surface area contributed by atoms with Gasteiger partial charge in [0.15, 0.2) is 22.9 Å². The van der Waals surface area contributed by atoms with Crippen LogP contribution in [0.3, 0.4) is 0 Å². The van der Waals surface area contributed by atoms with E-state index in [1.54, 1.807) is 39.7 Å². The number of rotatable bonds is 9. The number of fused-ring (bicyclic) bond motifs is 1. The van der Waals surface area contributed by atoms with Gasteiger partial charge in [0.1, 0.15) is 5.82 Å². The second-order valence-electron chi connectivity index (χ2n) is 6.72. The van der Waals surface area contributed by atoms with Crippen LogP contribution in [-0.2, 0) is 11.3 Å². The van der Waals surface area contributed by atoms with Crippen LogP contribution in [0, 0.1) is 0 Å². The Morgan fingerprint density at radius 3 is 2.68 bits per heavy atom. The second kappa shape index (κ2) is 8.92. The molecule has 3 aromatic heterocycles. The van der Waals surface area contributed by atoms with Crippen molar-refractivity contribution in [1.82, 2.24) is 19.6 Å². The maximum atomic E-state index is 6.20. The Morgan fingerprint density at radius 2 is 1.97 bits per heavy atom. The predicted molar refractivity (Wildman–Crippen MR) is 115 cm³/mol. The van der Waals surface area contributed by atoms with Crippen LogP contribution >= 0.6 is 0 Å². The molecule has 1 aromatic carbocycles. The summed E-state index contributed by atoms with van der Waals surface area (Å²) in [5.74, 6) is 3.19. The second-order valence-corrected chi connectivity index (χ2v) is 6.72. The van der Waals surface area contributed by atoms with E-state index in [1.807, 2.05) is 29.2 Å². The number of hydrogen-bond donors (Lipinski definition) is 1. The molecule has 0 bridgehead atoms. The number of methoxy groups -OCH3 is 3. The van der Waals surface area contributed by atoms with E-state index in [-0.39, 0.29) is 5.95 Å². The first kappa shape index (κ1) is 20.5. The van der Waals surface area contributed by atoms with Crippen LogP contribution in [0.4, 0.5) is 11.8 Å². The Labute approximate surface area is 179 Å². The van der Waals surface area contributed by atoms with E-state index >= 15 is 0 Å². The van der Waals surface area contributed by atoms with Crippen molar-refractivity contribution in [2.24, 2.45) is 0 Å². The van der Waals surface area contributed by atoms with Crippen LogP contribution < -0.4 is 20.1 Å². The Kier molecular flexibility index (Phi) is 5.89. The minimum Gasteiger partial charge on any atom is -0.493 e. The smallest absolute Gasteiger partial charge is 0.225 e. The molecule has 0 amide bonds. The SMILES string of the molecule is COCCN(Cc1cccc(OC)c1OC)c1cc2nc(-c3ccco3)nn2c(N)n1. The monoisotopic (exact) mass is 424 g/mol. The molecule has 2 N–H and O–H groups in total. The van der Waals surface area contributed by atoms with Crippen LogP contribution in [0.15, 0.2) is 47.1 Å². The number of aromatic nitrogens is 4. The van der Waals surface area contributed by atoms with E-state index in [0.717, 1.165) is 5.56 Å².